The first kappa shape index (κ1) is 22.0. The van der Waals surface area contributed by atoms with Crippen LogP contribution in [0.3, 0.4) is 0 Å². The summed E-state index contributed by atoms with van der Waals surface area (Å²) in [6, 6.07) is 20.6. The summed E-state index contributed by atoms with van der Waals surface area (Å²) in [6.07, 6.45) is 5.33. The van der Waals surface area contributed by atoms with Crippen molar-refractivity contribution in [3.63, 3.8) is 0 Å². The Morgan fingerprint density at radius 2 is 1.79 bits per heavy atom. The summed E-state index contributed by atoms with van der Waals surface area (Å²) in [7, 11) is 1.56. The van der Waals surface area contributed by atoms with Crippen LogP contribution < -0.4 is 9.47 Å². The van der Waals surface area contributed by atoms with Gasteiger partial charge in [0.1, 0.15) is 18.1 Å². The fraction of sp³-hybridized carbons (Fsp3) is 0.179. The minimum atomic E-state index is -0.275. The Bertz CT molecular complexity index is 1350. The highest BCUT2D eigenvalue weighted by Gasteiger charge is 2.18. The van der Waals surface area contributed by atoms with Crippen molar-refractivity contribution in [2.75, 3.05) is 13.7 Å². The van der Waals surface area contributed by atoms with Gasteiger partial charge in [0, 0.05) is 16.5 Å². The van der Waals surface area contributed by atoms with Crippen LogP contribution in [-0.2, 0) is 0 Å². The van der Waals surface area contributed by atoms with E-state index in [1.54, 1.807) is 37.4 Å². The van der Waals surface area contributed by atoms with Gasteiger partial charge in [0.05, 0.1) is 18.3 Å². The van der Waals surface area contributed by atoms with E-state index in [-0.39, 0.29) is 18.2 Å². The van der Waals surface area contributed by atoms with Gasteiger partial charge in [-0.05, 0) is 41.8 Å². The van der Waals surface area contributed by atoms with E-state index in [0.29, 0.717) is 34.2 Å². The summed E-state index contributed by atoms with van der Waals surface area (Å²) < 4.78 is 10.9. The molecular formula is C28H24N2O3. The third-order valence-corrected chi connectivity index (χ3v) is 5.38. The van der Waals surface area contributed by atoms with Crippen molar-refractivity contribution in [1.29, 1.82) is 0 Å². The normalized spacial score (nSPS) is 10.8. The van der Waals surface area contributed by atoms with Gasteiger partial charge in [-0.25, -0.2) is 9.97 Å². The number of hydrogen-bond donors (Lipinski definition) is 0. The lowest BCUT2D eigenvalue weighted by atomic mass is 9.99. The molecule has 33 heavy (non-hydrogen) atoms. The van der Waals surface area contributed by atoms with Gasteiger partial charge >= 0.3 is 0 Å². The van der Waals surface area contributed by atoms with Crippen LogP contribution in [0.2, 0.25) is 0 Å². The van der Waals surface area contributed by atoms with Crippen molar-refractivity contribution in [3.05, 3.63) is 83.7 Å². The largest absolute Gasteiger partial charge is 0.497 e. The summed E-state index contributed by atoms with van der Waals surface area (Å²) in [5.41, 5.74) is 3.88. The molecule has 0 fully saturated rings. The van der Waals surface area contributed by atoms with Gasteiger partial charge in [0.15, 0.2) is 0 Å². The van der Waals surface area contributed by atoms with Crippen LogP contribution in [0.15, 0.2) is 66.7 Å². The van der Waals surface area contributed by atoms with Gasteiger partial charge in [-0.15, -0.1) is 6.42 Å². The molecule has 4 aromatic rings. The average molecular weight is 437 g/mol. The number of rotatable bonds is 7. The zero-order chi connectivity index (χ0) is 23.4. The number of terminal acetylenes is 1. The minimum absolute atomic E-state index is 0.121. The molecule has 1 aromatic heterocycles. The third kappa shape index (κ3) is 4.70. The van der Waals surface area contributed by atoms with Crippen molar-refractivity contribution < 1.29 is 14.3 Å². The van der Waals surface area contributed by atoms with Crippen LogP contribution in [0.4, 0.5) is 0 Å². The lowest BCUT2D eigenvalue weighted by Crippen LogP contribution is -2.09. The highest BCUT2D eigenvalue weighted by atomic mass is 16.5. The molecular weight excluding hydrogens is 412 g/mol. The minimum Gasteiger partial charge on any atom is -0.497 e. The van der Waals surface area contributed by atoms with E-state index in [9.17, 15) is 4.79 Å². The Labute approximate surface area is 193 Å². The zero-order valence-corrected chi connectivity index (χ0v) is 18.8. The summed E-state index contributed by atoms with van der Waals surface area (Å²) in [4.78, 5) is 22.5. The van der Waals surface area contributed by atoms with Crippen LogP contribution in [-0.4, -0.2) is 29.5 Å². The molecule has 0 saturated heterocycles. The van der Waals surface area contributed by atoms with Gasteiger partial charge in [-0.2, -0.15) is 0 Å². The SMILES string of the molecule is C#CCOc1ccc2nc(C(=O)c3cccc(OC)c3)nc(-c3ccc(C(C)C)cc3)c2c1. The number of hydrogen-bond acceptors (Lipinski definition) is 5. The summed E-state index contributed by atoms with van der Waals surface area (Å²) in [5, 5.41) is 0.781. The number of fused-ring (bicyclic) bond motifs is 1. The van der Waals surface area contributed by atoms with E-state index in [4.69, 9.17) is 20.9 Å². The molecule has 0 atom stereocenters. The maximum Gasteiger partial charge on any atom is 0.230 e. The first-order valence-corrected chi connectivity index (χ1v) is 10.7. The molecule has 0 aliphatic rings. The molecule has 3 aromatic carbocycles. The predicted octanol–water partition coefficient (Wildman–Crippen LogP) is 5.67. The van der Waals surface area contributed by atoms with E-state index in [1.165, 1.54) is 5.56 Å². The number of aromatic nitrogens is 2. The fourth-order valence-electron chi connectivity index (χ4n) is 3.56. The van der Waals surface area contributed by atoms with E-state index in [0.717, 1.165) is 10.9 Å². The molecule has 0 amide bonds. The van der Waals surface area contributed by atoms with Crippen molar-refractivity contribution in [1.82, 2.24) is 9.97 Å². The quantitative estimate of drug-likeness (QED) is 0.276. The molecule has 164 valence electrons. The molecule has 0 N–H and O–H groups in total. The molecule has 1 heterocycles. The van der Waals surface area contributed by atoms with Crippen molar-refractivity contribution >= 4 is 16.7 Å². The van der Waals surface area contributed by atoms with Gasteiger partial charge in [0.2, 0.25) is 11.6 Å². The molecule has 0 aliphatic heterocycles. The molecule has 5 heteroatoms. The smallest absolute Gasteiger partial charge is 0.230 e. The number of ether oxygens (including phenoxy) is 2. The Kier molecular flexibility index (Phi) is 6.37. The van der Waals surface area contributed by atoms with Crippen molar-refractivity contribution in [3.8, 4) is 35.1 Å². The fourth-order valence-corrected chi connectivity index (χ4v) is 3.56. The number of carbonyl (C=O) groups excluding carboxylic acids is 1. The molecule has 0 saturated carbocycles. The van der Waals surface area contributed by atoms with Gasteiger partial charge in [-0.3, -0.25) is 4.79 Å². The molecule has 0 bridgehead atoms. The highest BCUT2D eigenvalue weighted by molar-refractivity contribution is 6.08. The maximum absolute atomic E-state index is 13.3. The summed E-state index contributed by atoms with van der Waals surface area (Å²) in [6.45, 7) is 4.46. The van der Waals surface area contributed by atoms with Crippen LogP contribution in [0.5, 0.6) is 11.5 Å². The second-order valence-electron chi connectivity index (χ2n) is 7.91. The average Bonchev–Trinajstić information content (AvgIpc) is 2.86. The maximum atomic E-state index is 13.3. The summed E-state index contributed by atoms with van der Waals surface area (Å²) in [5.74, 6) is 3.95. The van der Waals surface area contributed by atoms with E-state index in [1.807, 2.05) is 24.3 Å². The highest BCUT2D eigenvalue weighted by Crippen LogP contribution is 2.31. The van der Waals surface area contributed by atoms with Gasteiger partial charge in [0.25, 0.3) is 0 Å². The second kappa shape index (κ2) is 9.54. The standard InChI is InChI=1S/C28H24N2O3/c1-5-15-33-23-13-14-25-24(17-23)26(20-11-9-19(10-12-20)18(2)3)30-28(29-25)27(31)21-7-6-8-22(16-21)32-4/h1,6-14,16-18H,15H2,2-4H3. The molecule has 0 radical (unpaired) electrons. The molecule has 4 rings (SSSR count). The van der Waals surface area contributed by atoms with Gasteiger partial charge in [-0.1, -0.05) is 56.2 Å². The number of methoxy groups -OCH3 is 1. The monoisotopic (exact) mass is 436 g/mol. The number of carbonyl (C=O) groups is 1. The van der Waals surface area contributed by atoms with Crippen LogP contribution in [0.25, 0.3) is 22.2 Å². The molecule has 0 spiro atoms. The van der Waals surface area contributed by atoms with Crippen molar-refractivity contribution in [2.45, 2.75) is 19.8 Å². The number of benzene rings is 3. The number of nitrogens with zero attached hydrogens (tertiary/aromatic N) is 2. The Morgan fingerprint density at radius 3 is 2.48 bits per heavy atom. The Morgan fingerprint density at radius 1 is 1.00 bits per heavy atom. The third-order valence-electron chi connectivity index (χ3n) is 5.38. The molecule has 5 nitrogen and oxygen atoms in total. The van der Waals surface area contributed by atoms with Crippen molar-refractivity contribution in [2.24, 2.45) is 0 Å². The second-order valence-corrected chi connectivity index (χ2v) is 7.91. The first-order chi connectivity index (χ1) is 16.0. The molecule has 0 aliphatic carbocycles. The van der Waals surface area contributed by atoms with E-state index < -0.39 is 0 Å². The van der Waals surface area contributed by atoms with Crippen LogP contribution in [0, 0.1) is 12.3 Å². The number of ketones is 1. The Balaban J connectivity index is 1.87. The van der Waals surface area contributed by atoms with Crippen LogP contribution in [0.1, 0.15) is 41.5 Å². The molecule has 0 unspecified atom stereocenters. The zero-order valence-electron chi connectivity index (χ0n) is 18.8. The van der Waals surface area contributed by atoms with Crippen LogP contribution >= 0.6 is 0 Å². The lowest BCUT2D eigenvalue weighted by molar-refractivity contribution is 0.102. The summed E-state index contributed by atoms with van der Waals surface area (Å²) >= 11 is 0. The van der Waals surface area contributed by atoms with Gasteiger partial charge < -0.3 is 9.47 Å². The predicted molar refractivity (Wildman–Crippen MR) is 130 cm³/mol. The topological polar surface area (TPSA) is 61.3 Å². The Hall–Kier alpha value is -4.17. The van der Waals surface area contributed by atoms with E-state index >= 15 is 0 Å². The lowest BCUT2D eigenvalue weighted by Gasteiger charge is -2.12. The first-order valence-electron chi connectivity index (χ1n) is 10.7. The van der Waals surface area contributed by atoms with E-state index in [2.05, 4.69) is 36.9 Å².